The fourth-order valence-corrected chi connectivity index (χ4v) is 1.78. The third-order valence-corrected chi connectivity index (χ3v) is 2.78. The number of aliphatic hydroxyl groups is 1. The summed E-state index contributed by atoms with van der Waals surface area (Å²) in [5, 5.41) is 16.0. The van der Waals surface area contributed by atoms with Crippen LogP contribution in [-0.2, 0) is 20.7 Å². The van der Waals surface area contributed by atoms with Crippen LogP contribution in [0, 0.1) is 0 Å². The van der Waals surface area contributed by atoms with Gasteiger partial charge in [-0.3, -0.25) is 4.79 Å². The van der Waals surface area contributed by atoms with Crippen molar-refractivity contribution in [2.45, 2.75) is 12.5 Å². The summed E-state index contributed by atoms with van der Waals surface area (Å²) < 4.78 is 9.54. The average Bonchev–Trinajstić information content (AvgIpc) is 2.87. The summed E-state index contributed by atoms with van der Waals surface area (Å²) in [6, 6.07) is 6.07. The van der Waals surface area contributed by atoms with Gasteiger partial charge in [0, 0.05) is 5.39 Å². The molecular weight excluding hydrogens is 264 g/mol. The molecule has 2 N–H and O–H groups in total. The zero-order chi connectivity index (χ0) is 14.5. The van der Waals surface area contributed by atoms with Gasteiger partial charge in [-0.25, -0.2) is 4.79 Å². The van der Waals surface area contributed by atoms with E-state index in [1.165, 1.54) is 7.11 Å². The van der Waals surface area contributed by atoms with Crippen LogP contribution in [0.3, 0.4) is 0 Å². The number of nitrogens with zero attached hydrogens (tertiary/aromatic N) is 1. The summed E-state index contributed by atoms with van der Waals surface area (Å²) >= 11 is 0. The second kappa shape index (κ2) is 6.16. The van der Waals surface area contributed by atoms with Gasteiger partial charge in [-0.2, -0.15) is 0 Å². The Hall–Kier alpha value is -2.41. The van der Waals surface area contributed by atoms with Gasteiger partial charge in [-0.15, -0.1) is 0 Å². The summed E-state index contributed by atoms with van der Waals surface area (Å²) in [6.45, 7) is -0.530. The van der Waals surface area contributed by atoms with E-state index >= 15 is 0 Å². The topological polar surface area (TPSA) is 102 Å². The average molecular weight is 278 g/mol. The van der Waals surface area contributed by atoms with Crippen molar-refractivity contribution in [3.63, 3.8) is 0 Å². The van der Waals surface area contributed by atoms with Crippen LogP contribution in [0.2, 0.25) is 0 Å². The summed E-state index contributed by atoms with van der Waals surface area (Å²) in [6.07, 6.45) is -0.0511. The SMILES string of the molecule is COC(=O)C(CO)NC(=O)Cc1noc2ccccc12. The number of nitrogens with one attached hydrogen (secondary N) is 1. The molecule has 0 radical (unpaired) electrons. The van der Waals surface area contributed by atoms with Crippen LogP contribution in [-0.4, -0.2) is 41.9 Å². The van der Waals surface area contributed by atoms with E-state index in [0.717, 1.165) is 5.39 Å². The first kappa shape index (κ1) is 14.0. The summed E-state index contributed by atoms with van der Waals surface area (Å²) in [4.78, 5) is 23.1. The zero-order valence-corrected chi connectivity index (χ0v) is 10.8. The molecule has 7 heteroatoms. The fraction of sp³-hybridized carbons (Fsp3) is 0.308. The number of carbonyl (C=O) groups excluding carboxylic acids is 2. The summed E-state index contributed by atoms with van der Waals surface area (Å²) in [7, 11) is 1.18. The van der Waals surface area contributed by atoms with Gasteiger partial charge in [-0.1, -0.05) is 17.3 Å². The number of esters is 1. The summed E-state index contributed by atoms with van der Waals surface area (Å²) in [5.41, 5.74) is 1.06. The van der Waals surface area contributed by atoms with Crippen molar-refractivity contribution in [2.75, 3.05) is 13.7 Å². The number of hydrogen-bond donors (Lipinski definition) is 2. The lowest BCUT2D eigenvalue weighted by atomic mass is 10.1. The molecule has 1 atom stereocenters. The molecule has 0 fully saturated rings. The molecule has 2 aromatic rings. The monoisotopic (exact) mass is 278 g/mol. The van der Waals surface area contributed by atoms with E-state index in [-0.39, 0.29) is 6.42 Å². The lowest BCUT2D eigenvalue weighted by Crippen LogP contribution is -2.44. The van der Waals surface area contributed by atoms with Crippen molar-refractivity contribution in [1.29, 1.82) is 0 Å². The minimum Gasteiger partial charge on any atom is -0.467 e. The minimum atomic E-state index is -1.08. The maximum absolute atomic E-state index is 11.8. The first-order chi connectivity index (χ1) is 9.65. The Kier molecular flexibility index (Phi) is 4.31. The molecule has 1 aromatic heterocycles. The predicted octanol–water partition coefficient (Wildman–Crippen LogP) is 0.0204. The first-order valence-corrected chi connectivity index (χ1v) is 5.97. The molecule has 1 amide bonds. The second-order valence-electron chi connectivity index (χ2n) is 4.13. The highest BCUT2D eigenvalue weighted by Crippen LogP contribution is 2.17. The molecule has 1 heterocycles. The molecule has 106 valence electrons. The Morgan fingerprint density at radius 1 is 1.45 bits per heavy atom. The summed E-state index contributed by atoms with van der Waals surface area (Å²) in [5.74, 6) is -1.15. The van der Waals surface area contributed by atoms with E-state index in [2.05, 4.69) is 15.2 Å². The predicted molar refractivity (Wildman–Crippen MR) is 68.7 cm³/mol. The number of benzene rings is 1. The number of aliphatic hydroxyl groups excluding tert-OH is 1. The number of methoxy groups -OCH3 is 1. The molecule has 0 spiro atoms. The van der Waals surface area contributed by atoms with Crippen LogP contribution in [0.1, 0.15) is 5.69 Å². The van der Waals surface area contributed by atoms with Gasteiger partial charge in [0.1, 0.15) is 5.69 Å². The Bertz CT molecular complexity index is 622. The second-order valence-corrected chi connectivity index (χ2v) is 4.13. The molecule has 0 saturated carbocycles. The van der Waals surface area contributed by atoms with Crippen molar-refractivity contribution in [3.05, 3.63) is 30.0 Å². The van der Waals surface area contributed by atoms with Gasteiger partial charge in [-0.05, 0) is 12.1 Å². The number of fused-ring (bicyclic) bond motifs is 1. The maximum atomic E-state index is 11.8. The van der Waals surface area contributed by atoms with E-state index in [0.29, 0.717) is 11.3 Å². The first-order valence-electron chi connectivity index (χ1n) is 5.97. The van der Waals surface area contributed by atoms with E-state index in [4.69, 9.17) is 9.63 Å². The highest BCUT2D eigenvalue weighted by molar-refractivity contribution is 5.89. The normalized spacial score (nSPS) is 12.1. The van der Waals surface area contributed by atoms with Crippen LogP contribution in [0.25, 0.3) is 11.0 Å². The van der Waals surface area contributed by atoms with Crippen molar-refractivity contribution in [3.8, 4) is 0 Å². The smallest absolute Gasteiger partial charge is 0.330 e. The van der Waals surface area contributed by atoms with Gasteiger partial charge in [0.25, 0.3) is 0 Å². The van der Waals surface area contributed by atoms with Crippen molar-refractivity contribution in [1.82, 2.24) is 10.5 Å². The molecule has 1 aromatic carbocycles. The third-order valence-electron chi connectivity index (χ3n) is 2.78. The van der Waals surface area contributed by atoms with Crippen molar-refractivity contribution < 1.29 is 24.0 Å². The number of aromatic nitrogens is 1. The molecule has 2 rings (SSSR count). The molecule has 0 aliphatic carbocycles. The number of ether oxygens (including phenoxy) is 1. The molecular formula is C13H14N2O5. The Labute approximate surface area is 114 Å². The molecule has 0 aliphatic heterocycles. The number of carbonyl (C=O) groups is 2. The van der Waals surface area contributed by atoms with Crippen molar-refractivity contribution >= 4 is 22.8 Å². The van der Waals surface area contributed by atoms with Gasteiger partial charge in [0.05, 0.1) is 20.1 Å². The van der Waals surface area contributed by atoms with Crippen LogP contribution in [0.5, 0.6) is 0 Å². The van der Waals surface area contributed by atoms with Crippen LogP contribution in [0.15, 0.2) is 28.8 Å². The van der Waals surface area contributed by atoms with E-state index in [9.17, 15) is 9.59 Å². The van der Waals surface area contributed by atoms with Crippen LogP contribution in [0.4, 0.5) is 0 Å². The molecule has 1 unspecified atom stereocenters. The Morgan fingerprint density at radius 2 is 2.20 bits per heavy atom. The molecule has 7 nitrogen and oxygen atoms in total. The largest absolute Gasteiger partial charge is 0.467 e. The van der Waals surface area contributed by atoms with E-state index in [1.54, 1.807) is 18.2 Å². The van der Waals surface area contributed by atoms with Gasteiger partial charge in [0.15, 0.2) is 11.6 Å². The number of hydrogen-bond acceptors (Lipinski definition) is 6. The minimum absolute atomic E-state index is 0.0511. The lowest BCUT2D eigenvalue weighted by molar-refractivity contribution is -0.146. The lowest BCUT2D eigenvalue weighted by Gasteiger charge is -2.13. The number of para-hydroxylation sites is 1. The molecule has 0 bridgehead atoms. The quantitative estimate of drug-likeness (QED) is 0.748. The van der Waals surface area contributed by atoms with E-state index in [1.807, 2.05) is 6.07 Å². The Balaban J connectivity index is 2.06. The standard InChI is InChI=1S/C13H14N2O5/c1-19-13(18)10(7-16)14-12(17)6-9-8-4-2-3-5-11(8)20-15-9/h2-5,10,16H,6-7H2,1H3,(H,14,17). The third kappa shape index (κ3) is 2.94. The number of amides is 1. The van der Waals surface area contributed by atoms with E-state index < -0.39 is 24.5 Å². The zero-order valence-electron chi connectivity index (χ0n) is 10.8. The number of rotatable bonds is 5. The maximum Gasteiger partial charge on any atom is 0.330 e. The van der Waals surface area contributed by atoms with Gasteiger partial charge >= 0.3 is 5.97 Å². The highest BCUT2D eigenvalue weighted by Gasteiger charge is 2.21. The van der Waals surface area contributed by atoms with Gasteiger partial charge in [0.2, 0.25) is 5.91 Å². The Morgan fingerprint density at radius 3 is 2.90 bits per heavy atom. The molecule has 0 saturated heterocycles. The van der Waals surface area contributed by atoms with Crippen LogP contribution < -0.4 is 5.32 Å². The molecule has 20 heavy (non-hydrogen) atoms. The highest BCUT2D eigenvalue weighted by atomic mass is 16.5. The fourth-order valence-electron chi connectivity index (χ4n) is 1.78. The molecule has 0 aliphatic rings. The van der Waals surface area contributed by atoms with Gasteiger partial charge < -0.3 is 19.7 Å². The van der Waals surface area contributed by atoms with Crippen LogP contribution >= 0.6 is 0 Å². The van der Waals surface area contributed by atoms with Crippen molar-refractivity contribution in [2.24, 2.45) is 0 Å².